The summed E-state index contributed by atoms with van der Waals surface area (Å²) >= 11 is 0. The van der Waals surface area contributed by atoms with Crippen LogP contribution in [0.3, 0.4) is 0 Å². The van der Waals surface area contributed by atoms with Gasteiger partial charge in [0.15, 0.2) is 5.82 Å². The minimum atomic E-state index is 0.555. The first kappa shape index (κ1) is 8.69. The van der Waals surface area contributed by atoms with Crippen LogP contribution in [0.25, 0.3) is 0 Å². The molecule has 0 radical (unpaired) electrons. The highest BCUT2D eigenvalue weighted by atomic mass is 16.5. The molecule has 1 aromatic rings. The third kappa shape index (κ3) is 1.88. The number of aromatic nitrogens is 2. The Bertz CT molecular complexity index is 295. The maximum Gasteiger partial charge on any atom is 0.240 e. The average molecular weight is 181 g/mol. The highest BCUT2D eigenvalue weighted by Crippen LogP contribution is 2.45. The van der Waals surface area contributed by atoms with Crippen molar-refractivity contribution in [3.8, 4) is 0 Å². The molecule has 0 spiro atoms. The van der Waals surface area contributed by atoms with E-state index in [4.69, 9.17) is 4.52 Å². The summed E-state index contributed by atoms with van der Waals surface area (Å²) in [5, 5.41) is 3.97. The molecule has 0 aliphatic heterocycles. The summed E-state index contributed by atoms with van der Waals surface area (Å²) in [6, 6.07) is 0. The zero-order chi connectivity index (χ0) is 9.42. The summed E-state index contributed by atoms with van der Waals surface area (Å²) in [5.41, 5.74) is 0. The Hall–Kier alpha value is -0.900. The molecule has 4 heteroatoms. The molecule has 4 nitrogen and oxygen atoms in total. The van der Waals surface area contributed by atoms with Gasteiger partial charge in [-0.2, -0.15) is 4.98 Å². The lowest BCUT2D eigenvalue weighted by Crippen LogP contribution is -2.10. The number of hydrogen-bond donors (Lipinski definition) is 0. The van der Waals surface area contributed by atoms with Crippen molar-refractivity contribution >= 4 is 0 Å². The normalized spacial score (nSPS) is 26.8. The molecule has 13 heavy (non-hydrogen) atoms. The molecule has 2 atom stereocenters. The summed E-state index contributed by atoms with van der Waals surface area (Å²) in [7, 11) is 3.98. The van der Waals surface area contributed by atoms with Crippen molar-refractivity contribution in [1.29, 1.82) is 0 Å². The van der Waals surface area contributed by atoms with Gasteiger partial charge >= 0.3 is 0 Å². The van der Waals surface area contributed by atoms with Crippen LogP contribution in [0, 0.1) is 5.92 Å². The van der Waals surface area contributed by atoms with Gasteiger partial charge in [0.05, 0.1) is 6.54 Å². The molecular formula is C9H15N3O. The Morgan fingerprint density at radius 3 is 2.77 bits per heavy atom. The van der Waals surface area contributed by atoms with Gasteiger partial charge in [-0.05, 0) is 26.4 Å². The minimum absolute atomic E-state index is 0.555. The lowest BCUT2D eigenvalue weighted by Gasteiger charge is -2.02. The van der Waals surface area contributed by atoms with Gasteiger partial charge in [0.25, 0.3) is 0 Å². The largest absolute Gasteiger partial charge is 0.338 e. The Balaban J connectivity index is 2.01. The van der Waals surface area contributed by atoms with Crippen LogP contribution in [-0.4, -0.2) is 29.1 Å². The zero-order valence-corrected chi connectivity index (χ0v) is 8.32. The Morgan fingerprint density at radius 2 is 2.23 bits per heavy atom. The van der Waals surface area contributed by atoms with Crippen molar-refractivity contribution in [1.82, 2.24) is 15.0 Å². The molecule has 0 amide bonds. The first-order chi connectivity index (χ1) is 6.16. The summed E-state index contributed by atoms with van der Waals surface area (Å²) in [6.45, 7) is 2.95. The molecule has 1 fully saturated rings. The van der Waals surface area contributed by atoms with Gasteiger partial charge in [0.2, 0.25) is 5.89 Å². The smallest absolute Gasteiger partial charge is 0.240 e. The number of rotatable bonds is 3. The molecule has 0 bridgehead atoms. The molecule has 1 saturated carbocycles. The van der Waals surface area contributed by atoms with Crippen molar-refractivity contribution in [3.63, 3.8) is 0 Å². The highest BCUT2D eigenvalue weighted by molar-refractivity contribution is 5.07. The van der Waals surface area contributed by atoms with Crippen LogP contribution in [0.2, 0.25) is 0 Å². The lowest BCUT2D eigenvalue weighted by atomic mass is 10.3. The zero-order valence-electron chi connectivity index (χ0n) is 8.32. The quantitative estimate of drug-likeness (QED) is 0.704. The van der Waals surface area contributed by atoms with Crippen LogP contribution in [0.4, 0.5) is 0 Å². The molecule has 1 aliphatic carbocycles. The van der Waals surface area contributed by atoms with E-state index in [2.05, 4.69) is 17.1 Å². The average Bonchev–Trinajstić information content (AvgIpc) is 2.60. The first-order valence-electron chi connectivity index (χ1n) is 4.64. The van der Waals surface area contributed by atoms with Gasteiger partial charge in [-0.25, -0.2) is 0 Å². The second kappa shape index (κ2) is 3.10. The number of nitrogens with zero attached hydrogens (tertiary/aromatic N) is 3. The van der Waals surface area contributed by atoms with E-state index in [0.717, 1.165) is 24.2 Å². The van der Waals surface area contributed by atoms with Crippen LogP contribution in [0.1, 0.15) is 31.0 Å². The number of hydrogen-bond acceptors (Lipinski definition) is 4. The van der Waals surface area contributed by atoms with E-state index >= 15 is 0 Å². The van der Waals surface area contributed by atoms with Crippen LogP contribution >= 0.6 is 0 Å². The van der Waals surface area contributed by atoms with Gasteiger partial charge in [0, 0.05) is 5.92 Å². The van der Waals surface area contributed by atoms with Gasteiger partial charge in [0.1, 0.15) is 0 Å². The molecule has 1 aliphatic rings. The second-order valence-corrected chi connectivity index (χ2v) is 4.10. The van der Waals surface area contributed by atoms with Crippen molar-refractivity contribution in [3.05, 3.63) is 11.7 Å². The fourth-order valence-electron chi connectivity index (χ4n) is 1.44. The Labute approximate surface area is 77.9 Å². The van der Waals surface area contributed by atoms with E-state index in [-0.39, 0.29) is 0 Å². The van der Waals surface area contributed by atoms with Crippen molar-refractivity contribution in [2.24, 2.45) is 5.92 Å². The maximum absolute atomic E-state index is 5.12. The van der Waals surface area contributed by atoms with Crippen molar-refractivity contribution < 1.29 is 4.52 Å². The second-order valence-electron chi connectivity index (χ2n) is 4.10. The molecule has 2 rings (SSSR count). The van der Waals surface area contributed by atoms with E-state index in [1.54, 1.807) is 0 Å². The molecule has 1 heterocycles. The van der Waals surface area contributed by atoms with E-state index in [9.17, 15) is 0 Å². The lowest BCUT2D eigenvalue weighted by molar-refractivity contribution is 0.301. The van der Waals surface area contributed by atoms with Crippen LogP contribution < -0.4 is 0 Å². The third-order valence-electron chi connectivity index (χ3n) is 2.38. The molecule has 72 valence electrons. The molecule has 1 aromatic heterocycles. The molecule has 0 saturated heterocycles. The third-order valence-corrected chi connectivity index (χ3v) is 2.38. The fraction of sp³-hybridized carbons (Fsp3) is 0.778. The monoisotopic (exact) mass is 181 g/mol. The Kier molecular flexibility index (Phi) is 2.07. The maximum atomic E-state index is 5.12. The highest BCUT2D eigenvalue weighted by Gasteiger charge is 2.37. The molecule has 2 unspecified atom stereocenters. The standard InChI is InChI=1S/C9H15N3O/c1-6-4-7(6)9-10-8(13-11-9)5-12(2)3/h6-7H,4-5H2,1-3H3. The predicted octanol–water partition coefficient (Wildman–Crippen LogP) is 1.25. The van der Waals surface area contributed by atoms with Gasteiger partial charge in [-0.1, -0.05) is 12.1 Å². The predicted molar refractivity (Wildman–Crippen MR) is 48.2 cm³/mol. The minimum Gasteiger partial charge on any atom is -0.338 e. The van der Waals surface area contributed by atoms with Crippen molar-refractivity contribution in [2.45, 2.75) is 25.8 Å². The van der Waals surface area contributed by atoms with E-state index < -0.39 is 0 Å². The van der Waals surface area contributed by atoms with Gasteiger partial charge < -0.3 is 9.42 Å². The topological polar surface area (TPSA) is 42.2 Å². The molecule has 0 aromatic carbocycles. The summed E-state index contributed by atoms with van der Waals surface area (Å²) in [4.78, 5) is 6.36. The van der Waals surface area contributed by atoms with E-state index in [1.165, 1.54) is 6.42 Å². The SMILES string of the molecule is CC1CC1c1noc(CN(C)C)n1. The summed E-state index contributed by atoms with van der Waals surface area (Å²) in [5.74, 6) is 2.91. The summed E-state index contributed by atoms with van der Waals surface area (Å²) < 4.78 is 5.12. The molecule has 0 N–H and O–H groups in total. The van der Waals surface area contributed by atoms with Gasteiger partial charge in [-0.15, -0.1) is 0 Å². The van der Waals surface area contributed by atoms with Crippen molar-refractivity contribution in [2.75, 3.05) is 14.1 Å². The first-order valence-corrected chi connectivity index (χ1v) is 4.64. The fourth-order valence-corrected chi connectivity index (χ4v) is 1.44. The van der Waals surface area contributed by atoms with E-state index in [1.807, 2.05) is 19.0 Å². The van der Waals surface area contributed by atoms with Crippen LogP contribution in [0.5, 0.6) is 0 Å². The van der Waals surface area contributed by atoms with Crippen LogP contribution in [0.15, 0.2) is 4.52 Å². The van der Waals surface area contributed by atoms with Crippen LogP contribution in [-0.2, 0) is 6.54 Å². The summed E-state index contributed by atoms with van der Waals surface area (Å²) in [6.07, 6.45) is 1.21. The Morgan fingerprint density at radius 1 is 1.54 bits per heavy atom. The molecular weight excluding hydrogens is 166 g/mol. The van der Waals surface area contributed by atoms with E-state index in [0.29, 0.717) is 5.92 Å². The van der Waals surface area contributed by atoms with Gasteiger partial charge in [-0.3, -0.25) is 0 Å².